The summed E-state index contributed by atoms with van der Waals surface area (Å²) in [6, 6.07) is 10.1. The van der Waals surface area contributed by atoms with Crippen molar-refractivity contribution in [3.8, 4) is 11.4 Å². The average Bonchev–Trinajstić information content (AvgIpc) is 2.81. The van der Waals surface area contributed by atoms with Crippen molar-refractivity contribution in [2.24, 2.45) is 0 Å². The Balaban J connectivity index is 1.93. The van der Waals surface area contributed by atoms with Crippen molar-refractivity contribution >= 4 is 5.97 Å². The van der Waals surface area contributed by atoms with Gasteiger partial charge < -0.3 is 9.30 Å². The van der Waals surface area contributed by atoms with Crippen LogP contribution in [0.1, 0.15) is 48.8 Å². The highest BCUT2D eigenvalue weighted by molar-refractivity contribution is 5.89. The van der Waals surface area contributed by atoms with Crippen LogP contribution in [0.2, 0.25) is 0 Å². The molecule has 0 unspecified atom stereocenters. The van der Waals surface area contributed by atoms with Gasteiger partial charge in [0.15, 0.2) is 5.69 Å². The molecule has 126 valence electrons. The largest absolute Gasteiger partial charge is 0.457 e. The molecule has 3 rings (SSSR count). The fourth-order valence-electron chi connectivity index (χ4n) is 3.12. The third kappa shape index (κ3) is 3.58. The van der Waals surface area contributed by atoms with Crippen LogP contribution in [-0.4, -0.2) is 22.1 Å². The van der Waals surface area contributed by atoms with Gasteiger partial charge in [-0.25, -0.2) is 9.78 Å². The molecule has 0 atom stereocenters. The zero-order valence-corrected chi connectivity index (χ0v) is 14.2. The Kier molecular flexibility index (Phi) is 5.47. The molecule has 0 bridgehead atoms. The van der Waals surface area contributed by atoms with Crippen LogP contribution >= 0.6 is 0 Å². The summed E-state index contributed by atoms with van der Waals surface area (Å²) in [4.78, 5) is 17.2. The number of benzene rings is 1. The number of allylic oxidation sites excluding steroid dienone is 1. The molecule has 4 nitrogen and oxygen atoms in total. The third-order valence-electron chi connectivity index (χ3n) is 4.31. The van der Waals surface area contributed by atoms with E-state index in [1.807, 2.05) is 42.5 Å². The molecule has 1 aliphatic heterocycles. The molecular formula is C20H24N2O2. The van der Waals surface area contributed by atoms with Crippen molar-refractivity contribution < 1.29 is 9.53 Å². The van der Waals surface area contributed by atoms with Crippen molar-refractivity contribution in [1.29, 1.82) is 0 Å². The number of imidazole rings is 1. The maximum Gasteiger partial charge on any atom is 0.359 e. The highest BCUT2D eigenvalue weighted by atomic mass is 16.5. The second-order valence-electron chi connectivity index (χ2n) is 6.04. The quantitative estimate of drug-likeness (QED) is 0.605. The lowest BCUT2D eigenvalue weighted by Crippen LogP contribution is -2.10. The van der Waals surface area contributed by atoms with Gasteiger partial charge in [-0.2, -0.15) is 0 Å². The number of aromatic nitrogens is 2. The summed E-state index contributed by atoms with van der Waals surface area (Å²) in [5.74, 6) is 0.562. The Morgan fingerprint density at radius 2 is 2.04 bits per heavy atom. The van der Waals surface area contributed by atoms with Gasteiger partial charge in [0.2, 0.25) is 0 Å². The van der Waals surface area contributed by atoms with E-state index < -0.39 is 0 Å². The predicted octanol–water partition coefficient (Wildman–Crippen LogP) is 4.40. The minimum atomic E-state index is -0.316. The van der Waals surface area contributed by atoms with E-state index in [4.69, 9.17) is 4.74 Å². The van der Waals surface area contributed by atoms with Crippen molar-refractivity contribution in [1.82, 2.24) is 9.55 Å². The minimum Gasteiger partial charge on any atom is -0.457 e. The average molecular weight is 324 g/mol. The maximum atomic E-state index is 12.5. The molecule has 0 N–H and O–H groups in total. The first-order valence-electron chi connectivity index (χ1n) is 8.78. The molecule has 24 heavy (non-hydrogen) atoms. The Morgan fingerprint density at radius 1 is 1.21 bits per heavy atom. The second-order valence-corrected chi connectivity index (χ2v) is 6.04. The number of ether oxygens (including phenoxy) is 1. The van der Waals surface area contributed by atoms with E-state index in [9.17, 15) is 4.79 Å². The molecule has 2 heterocycles. The van der Waals surface area contributed by atoms with E-state index in [0.717, 1.165) is 49.3 Å². The third-order valence-corrected chi connectivity index (χ3v) is 4.31. The summed E-state index contributed by atoms with van der Waals surface area (Å²) in [5, 5.41) is 0. The molecule has 0 amide bonds. The standard InChI is InChI=1S/C20H24N2O2/c1-2-3-10-15-24-20(23)18-17-13-8-5-9-14-22(17)19(21-18)16-11-6-4-7-12-16/h3-4,6-7,10-12H,2,5,8-9,13-15H2,1H3/b10-3+. The van der Waals surface area contributed by atoms with Gasteiger partial charge in [0.05, 0.1) is 5.69 Å². The molecule has 0 aliphatic carbocycles. The first kappa shape index (κ1) is 16.5. The number of esters is 1. The molecule has 4 heteroatoms. The second kappa shape index (κ2) is 7.95. The van der Waals surface area contributed by atoms with Gasteiger partial charge in [-0.1, -0.05) is 55.8 Å². The van der Waals surface area contributed by atoms with E-state index >= 15 is 0 Å². The van der Waals surface area contributed by atoms with Crippen LogP contribution in [0, 0.1) is 0 Å². The molecule has 0 saturated heterocycles. The summed E-state index contributed by atoms with van der Waals surface area (Å²) < 4.78 is 7.59. The van der Waals surface area contributed by atoms with Crippen LogP contribution < -0.4 is 0 Å². The molecule has 0 saturated carbocycles. The number of fused-ring (bicyclic) bond motifs is 1. The fraction of sp³-hybridized carbons (Fsp3) is 0.400. The zero-order valence-electron chi connectivity index (χ0n) is 14.2. The van der Waals surface area contributed by atoms with Gasteiger partial charge in [0, 0.05) is 12.1 Å². The summed E-state index contributed by atoms with van der Waals surface area (Å²) >= 11 is 0. The van der Waals surface area contributed by atoms with Gasteiger partial charge in [-0.3, -0.25) is 0 Å². The van der Waals surface area contributed by atoms with E-state index in [1.54, 1.807) is 0 Å². The van der Waals surface area contributed by atoms with E-state index in [-0.39, 0.29) is 5.97 Å². The SMILES string of the molecule is CC/C=C/COC(=O)c1nc(-c2ccccc2)n2c1CCCCC2. The molecule has 1 aromatic heterocycles. The molecular weight excluding hydrogens is 300 g/mol. The van der Waals surface area contributed by atoms with Crippen LogP contribution in [0.5, 0.6) is 0 Å². The normalized spacial score (nSPS) is 14.4. The van der Waals surface area contributed by atoms with E-state index in [1.165, 1.54) is 6.42 Å². The van der Waals surface area contributed by atoms with Crippen LogP contribution in [0.15, 0.2) is 42.5 Å². The molecule has 1 aliphatic rings. The highest BCUT2D eigenvalue weighted by Crippen LogP contribution is 2.27. The monoisotopic (exact) mass is 324 g/mol. The van der Waals surface area contributed by atoms with Gasteiger partial charge in [-0.15, -0.1) is 0 Å². The van der Waals surface area contributed by atoms with E-state index in [0.29, 0.717) is 12.3 Å². The van der Waals surface area contributed by atoms with Crippen LogP contribution in [-0.2, 0) is 17.7 Å². The van der Waals surface area contributed by atoms with Gasteiger partial charge in [0.25, 0.3) is 0 Å². The van der Waals surface area contributed by atoms with Crippen molar-refractivity contribution in [3.05, 3.63) is 53.9 Å². The Hall–Kier alpha value is -2.36. The molecule has 0 fully saturated rings. The van der Waals surface area contributed by atoms with E-state index in [2.05, 4.69) is 16.5 Å². The number of hydrogen-bond donors (Lipinski definition) is 0. The van der Waals surface area contributed by atoms with Gasteiger partial charge in [-0.05, 0) is 25.7 Å². The Morgan fingerprint density at radius 3 is 2.83 bits per heavy atom. The molecule has 0 radical (unpaired) electrons. The topological polar surface area (TPSA) is 44.1 Å². The summed E-state index contributed by atoms with van der Waals surface area (Å²) in [6.07, 6.45) is 9.10. The molecule has 1 aromatic carbocycles. The van der Waals surface area contributed by atoms with Crippen molar-refractivity contribution in [2.45, 2.75) is 45.6 Å². The summed E-state index contributed by atoms with van der Waals surface area (Å²) in [5.41, 5.74) is 2.56. The first-order valence-corrected chi connectivity index (χ1v) is 8.78. The number of rotatable bonds is 5. The number of carbonyl (C=O) groups is 1. The lowest BCUT2D eigenvalue weighted by atomic mass is 10.1. The lowest BCUT2D eigenvalue weighted by Gasteiger charge is -2.08. The minimum absolute atomic E-state index is 0.305. The highest BCUT2D eigenvalue weighted by Gasteiger charge is 2.24. The summed E-state index contributed by atoms with van der Waals surface area (Å²) in [6.45, 7) is 3.27. The smallest absolute Gasteiger partial charge is 0.359 e. The predicted molar refractivity (Wildman–Crippen MR) is 94.9 cm³/mol. The van der Waals surface area contributed by atoms with Gasteiger partial charge in [0.1, 0.15) is 12.4 Å². The summed E-state index contributed by atoms with van der Waals surface area (Å²) in [7, 11) is 0. The van der Waals surface area contributed by atoms with Crippen molar-refractivity contribution in [2.75, 3.05) is 6.61 Å². The Bertz CT molecular complexity index is 717. The van der Waals surface area contributed by atoms with Gasteiger partial charge >= 0.3 is 5.97 Å². The lowest BCUT2D eigenvalue weighted by molar-refractivity contribution is 0.0541. The molecule has 0 spiro atoms. The number of nitrogens with zero attached hydrogens (tertiary/aromatic N) is 2. The van der Waals surface area contributed by atoms with Crippen LogP contribution in [0.4, 0.5) is 0 Å². The van der Waals surface area contributed by atoms with Crippen LogP contribution in [0.25, 0.3) is 11.4 Å². The maximum absolute atomic E-state index is 12.5. The van der Waals surface area contributed by atoms with Crippen LogP contribution in [0.3, 0.4) is 0 Å². The van der Waals surface area contributed by atoms with Crippen molar-refractivity contribution in [3.63, 3.8) is 0 Å². The number of carbonyl (C=O) groups excluding carboxylic acids is 1. The fourth-order valence-corrected chi connectivity index (χ4v) is 3.12. The first-order chi connectivity index (χ1) is 11.8. The number of hydrogen-bond acceptors (Lipinski definition) is 3. The zero-order chi connectivity index (χ0) is 16.8. The molecule has 2 aromatic rings. The Labute approximate surface area is 143 Å².